The van der Waals surface area contributed by atoms with Crippen molar-refractivity contribution in [2.75, 3.05) is 81.1 Å². The van der Waals surface area contributed by atoms with Crippen molar-refractivity contribution >= 4 is 0 Å². The lowest BCUT2D eigenvalue weighted by Crippen LogP contribution is -2.31. The monoisotopic (exact) mass is 401 g/mol. The van der Waals surface area contributed by atoms with Crippen LogP contribution in [-0.2, 0) is 28.4 Å². The first-order valence-corrected chi connectivity index (χ1v) is 10.1. The zero-order valence-electron chi connectivity index (χ0n) is 18.1. The van der Waals surface area contributed by atoms with E-state index >= 15 is 0 Å². The second-order valence-electron chi connectivity index (χ2n) is 6.64. The van der Waals surface area contributed by atoms with E-state index in [1.165, 1.54) is 0 Å². The average Bonchev–Trinajstić information content (AvgIpc) is 2.73. The maximum Gasteiger partial charge on any atom is 0.167 e. The Labute approximate surface area is 170 Å². The van der Waals surface area contributed by atoms with E-state index in [1.54, 1.807) is 28.4 Å². The summed E-state index contributed by atoms with van der Waals surface area (Å²) in [6, 6.07) is 0. The molecule has 0 aromatic rings. The fraction of sp³-hybridized carbons (Fsp3) is 0.810. The summed E-state index contributed by atoms with van der Waals surface area (Å²) in [7, 11) is 6.80. The number of unbranched alkanes of at least 4 members (excludes halogenated alkanes) is 2. The summed E-state index contributed by atoms with van der Waals surface area (Å²) in [6.45, 7) is 6.29. The summed E-state index contributed by atoms with van der Waals surface area (Å²) in [4.78, 5) is 2.38. The molecule has 7 nitrogen and oxygen atoms in total. The molecule has 1 unspecified atom stereocenters. The van der Waals surface area contributed by atoms with Crippen molar-refractivity contribution in [2.24, 2.45) is 0 Å². The van der Waals surface area contributed by atoms with Crippen LogP contribution in [0.1, 0.15) is 25.7 Å². The Kier molecular flexibility index (Phi) is 15.0. The first kappa shape index (κ1) is 24.9. The largest absolute Gasteiger partial charge is 0.493 e. The Balaban J connectivity index is 2.09. The highest BCUT2D eigenvalue weighted by molar-refractivity contribution is 5.24. The lowest BCUT2D eigenvalue weighted by molar-refractivity contribution is 0.0232. The highest BCUT2D eigenvalue weighted by Crippen LogP contribution is 2.23. The van der Waals surface area contributed by atoms with Crippen LogP contribution in [0, 0.1) is 0 Å². The highest BCUT2D eigenvalue weighted by atomic mass is 16.6. The van der Waals surface area contributed by atoms with Gasteiger partial charge in [0.1, 0.15) is 12.7 Å². The van der Waals surface area contributed by atoms with Crippen LogP contribution in [0.5, 0.6) is 0 Å². The summed E-state index contributed by atoms with van der Waals surface area (Å²) < 4.78 is 32.7. The van der Waals surface area contributed by atoms with Crippen LogP contribution < -0.4 is 0 Å². The average molecular weight is 402 g/mol. The van der Waals surface area contributed by atoms with Crippen LogP contribution in [0.15, 0.2) is 23.7 Å². The number of hydrogen-bond acceptors (Lipinski definition) is 7. The molecule has 0 aliphatic heterocycles. The first-order chi connectivity index (χ1) is 13.8. The highest BCUT2D eigenvalue weighted by Gasteiger charge is 2.22. The quantitative estimate of drug-likeness (QED) is 0.327. The SMILES string of the molecule is COCCN(CCCCCOCCOC1=C(OC)C=CCC1OC)CCOC. The lowest BCUT2D eigenvalue weighted by Gasteiger charge is -2.23. The molecule has 1 atom stereocenters. The number of rotatable bonds is 18. The zero-order chi connectivity index (χ0) is 20.5. The minimum atomic E-state index is -0.0842. The van der Waals surface area contributed by atoms with Gasteiger partial charge in [0.15, 0.2) is 11.5 Å². The molecule has 1 aliphatic carbocycles. The van der Waals surface area contributed by atoms with Crippen molar-refractivity contribution in [3.8, 4) is 0 Å². The van der Waals surface area contributed by atoms with E-state index in [1.807, 2.05) is 12.2 Å². The third kappa shape index (κ3) is 10.4. The molecule has 164 valence electrons. The third-order valence-electron chi connectivity index (χ3n) is 4.63. The molecule has 1 aliphatic rings. The van der Waals surface area contributed by atoms with Crippen LogP contribution in [-0.4, -0.2) is 92.1 Å². The van der Waals surface area contributed by atoms with Crippen molar-refractivity contribution in [1.82, 2.24) is 4.90 Å². The smallest absolute Gasteiger partial charge is 0.167 e. The molecule has 0 saturated carbocycles. The molecule has 1 rings (SSSR count). The second kappa shape index (κ2) is 16.8. The Bertz CT molecular complexity index is 433. The number of hydrogen-bond donors (Lipinski definition) is 0. The van der Waals surface area contributed by atoms with E-state index in [0.717, 1.165) is 76.7 Å². The molecule has 0 bridgehead atoms. The minimum Gasteiger partial charge on any atom is -0.493 e. The van der Waals surface area contributed by atoms with Crippen LogP contribution in [0.3, 0.4) is 0 Å². The van der Waals surface area contributed by atoms with Crippen LogP contribution in [0.2, 0.25) is 0 Å². The molecule has 0 heterocycles. The van der Waals surface area contributed by atoms with Gasteiger partial charge in [-0.05, 0) is 38.3 Å². The van der Waals surface area contributed by atoms with Crippen molar-refractivity contribution in [2.45, 2.75) is 31.8 Å². The Morgan fingerprint density at radius 2 is 1.61 bits per heavy atom. The fourth-order valence-electron chi connectivity index (χ4n) is 2.99. The van der Waals surface area contributed by atoms with Crippen LogP contribution in [0.4, 0.5) is 0 Å². The maximum atomic E-state index is 5.85. The molecule has 0 amide bonds. The van der Waals surface area contributed by atoms with Gasteiger partial charge in [0, 0.05) is 41.0 Å². The molecular weight excluding hydrogens is 362 g/mol. The van der Waals surface area contributed by atoms with Crippen molar-refractivity contribution < 1.29 is 28.4 Å². The fourth-order valence-corrected chi connectivity index (χ4v) is 2.99. The van der Waals surface area contributed by atoms with E-state index in [4.69, 9.17) is 28.4 Å². The standard InChI is InChI=1S/C21H39NO6/c1-23-15-12-22(13-16-24-2)11-6-5-7-14-27-17-18-28-21-19(25-3)9-8-10-20(21)26-4/h8-9,20H,5-7,10-18H2,1-4H3. The summed E-state index contributed by atoms with van der Waals surface area (Å²) in [5.74, 6) is 1.48. The predicted octanol–water partition coefficient (Wildman–Crippen LogP) is 2.62. The van der Waals surface area contributed by atoms with Gasteiger partial charge in [-0.1, -0.05) is 6.08 Å². The summed E-state index contributed by atoms with van der Waals surface area (Å²) >= 11 is 0. The molecule has 0 saturated heterocycles. The summed E-state index contributed by atoms with van der Waals surface area (Å²) in [5.41, 5.74) is 0. The van der Waals surface area contributed by atoms with E-state index in [-0.39, 0.29) is 6.10 Å². The number of allylic oxidation sites excluding steroid dienone is 1. The van der Waals surface area contributed by atoms with Gasteiger partial charge in [-0.15, -0.1) is 0 Å². The third-order valence-corrected chi connectivity index (χ3v) is 4.63. The molecule has 0 aromatic carbocycles. The Hall–Kier alpha value is -1.12. The molecule has 28 heavy (non-hydrogen) atoms. The van der Waals surface area contributed by atoms with Crippen molar-refractivity contribution in [3.63, 3.8) is 0 Å². The molecule has 0 radical (unpaired) electrons. The first-order valence-electron chi connectivity index (χ1n) is 10.1. The van der Waals surface area contributed by atoms with E-state index in [2.05, 4.69) is 4.90 Å². The molecule has 0 fully saturated rings. The van der Waals surface area contributed by atoms with Gasteiger partial charge in [0.25, 0.3) is 0 Å². The van der Waals surface area contributed by atoms with Crippen LogP contribution in [0.25, 0.3) is 0 Å². The van der Waals surface area contributed by atoms with Gasteiger partial charge in [-0.3, -0.25) is 4.90 Å². The van der Waals surface area contributed by atoms with E-state index in [0.29, 0.717) is 13.2 Å². The lowest BCUT2D eigenvalue weighted by atomic mass is 10.1. The van der Waals surface area contributed by atoms with Gasteiger partial charge in [0.2, 0.25) is 0 Å². The number of nitrogens with zero attached hydrogens (tertiary/aromatic N) is 1. The summed E-state index contributed by atoms with van der Waals surface area (Å²) in [6.07, 6.45) is 8.02. The Morgan fingerprint density at radius 1 is 0.857 bits per heavy atom. The normalized spacial score (nSPS) is 16.8. The molecular formula is C21H39NO6. The molecule has 0 N–H and O–H groups in total. The van der Waals surface area contributed by atoms with Crippen LogP contribution >= 0.6 is 0 Å². The van der Waals surface area contributed by atoms with Gasteiger partial charge < -0.3 is 28.4 Å². The van der Waals surface area contributed by atoms with E-state index < -0.39 is 0 Å². The van der Waals surface area contributed by atoms with E-state index in [9.17, 15) is 0 Å². The predicted molar refractivity (Wildman–Crippen MR) is 109 cm³/mol. The Morgan fingerprint density at radius 3 is 2.25 bits per heavy atom. The van der Waals surface area contributed by atoms with Crippen molar-refractivity contribution in [3.05, 3.63) is 23.7 Å². The molecule has 0 aromatic heterocycles. The van der Waals surface area contributed by atoms with Gasteiger partial charge in [-0.2, -0.15) is 0 Å². The van der Waals surface area contributed by atoms with Gasteiger partial charge in [0.05, 0.1) is 26.9 Å². The second-order valence-corrected chi connectivity index (χ2v) is 6.64. The topological polar surface area (TPSA) is 58.6 Å². The summed E-state index contributed by atoms with van der Waals surface area (Å²) in [5, 5.41) is 0. The maximum absolute atomic E-state index is 5.85. The van der Waals surface area contributed by atoms with Gasteiger partial charge >= 0.3 is 0 Å². The van der Waals surface area contributed by atoms with Gasteiger partial charge in [-0.25, -0.2) is 0 Å². The number of methoxy groups -OCH3 is 4. The molecule has 0 spiro atoms. The minimum absolute atomic E-state index is 0.0842. The molecule has 7 heteroatoms. The zero-order valence-corrected chi connectivity index (χ0v) is 18.1. The number of ether oxygens (including phenoxy) is 6. The van der Waals surface area contributed by atoms with Crippen molar-refractivity contribution in [1.29, 1.82) is 0 Å².